The van der Waals surface area contributed by atoms with Crippen molar-refractivity contribution in [1.82, 2.24) is 9.80 Å². The summed E-state index contributed by atoms with van der Waals surface area (Å²) < 4.78 is 37.9. The minimum Gasteiger partial charge on any atom is -0.459 e. The molecule has 16 heteroatoms. The molecule has 0 amide bonds. The summed E-state index contributed by atoms with van der Waals surface area (Å²) in [6, 6.07) is -0.389. The average molecular weight is 858 g/mol. The first-order valence-electron chi connectivity index (χ1n) is 21.7. The van der Waals surface area contributed by atoms with Gasteiger partial charge in [0.15, 0.2) is 12.6 Å². The van der Waals surface area contributed by atoms with Crippen LogP contribution in [0.2, 0.25) is 0 Å². The second-order valence-electron chi connectivity index (χ2n) is 18.7. The van der Waals surface area contributed by atoms with E-state index < -0.39 is 102 Å². The highest BCUT2D eigenvalue weighted by molar-refractivity contribution is 5.88. The summed E-state index contributed by atoms with van der Waals surface area (Å²) in [5, 5.41) is 64.2. The first-order chi connectivity index (χ1) is 27.9. The van der Waals surface area contributed by atoms with Gasteiger partial charge in [0, 0.05) is 56.8 Å². The van der Waals surface area contributed by atoms with Gasteiger partial charge in [0.1, 0.15) is 30.5 Å². The van der Waals surface area contributed by atoms with E-state index in [2.05, 4.69) is 11.1 Å². The molecule has 60 heavy (non-hydrogen) atoms. The molecule has 0 aromatic carbocycles. The molecule has 5 N–H and O–H groups in total. The molecule has 3 saturated heterocycles. The zero-order chi connectivity index (χ0) is 45.5. The first-order valence-corrected chi connectivity index (χ1v) is 21.7. The van der Waals surface area contributed by atoms with E-state index in [0.717, 1.165) is 0 Å². The third-order valence-electron chi connectivity index (χ3n) is 13.2. The van der Waals surface area contributed by atoms with Crippen LogP contribution in [0.5, 0.6) is 0 Å². The molecule has 0 bridgehead atoms. The van der Waals surface area contributed by atoms with Crippen molar-refractivity contribution in [2.24, 2.45) is 28.8 Å². The number of cyclic esters (lactones) is 1. The molecule has 1 unspecified atom stereocenters. The van der Waals surface area contributed by atoms with E-state index in [0.29, 0.717) is 31.6 Å². The highest BCUT2D eigenvalue weighted by Crippen LogP contribution is 2.41. The summed E-state index contributed by atoms with van der Waals surface area (Å²) in [5.41, 5.74) is -4.40. The number of hydrogen-bond donors (Lipinski definition) is 5. The smallest absolute Gasteiger partial charge is 0.311 e. The number of terminal acetylenes is 1. The Morgan fingerprint density at radius 2 is 1.58 bits per heavy atom. The Balaban J connectivity index is 2.24. The lowest BCUT2D eigenvalue weighted by Gasteiger charge is -2.49. The van der Waals surface area contributed by atoms with Gasteiger partial charge in [0.05, 0.1) is 53.4 Å². The number of esters is 1. The van der Waals surface area contributed by atoms with Crippen LogP contribution in [-0.4, -0.2) is 179 Å². The Morgan fingerprint density at radius 1 is 0.933 bits per heavy atom. The number of likely N-dealkylation sites (N-methyl/N-ethyl adjacent to an activating group) is 2. The molecule has 3 rings (SSSR count). The zero-order valence-corrected chi connectivity index (χ0v) is 38.7. The topological polar surface area (TPSA) is 202 Å². The van der Waals surface area contributed by atoms with Crippen molar-refractivity contribution in [1.29, 1.82) is 0 Å². The van der Waals surface area contributed by atoms with E-state index in [-0.39, 0.29) is 38.0 Å². The maximum Gasteiger partial charge on any atom is 0.311 e. The quantitative estimate of drug-likeness (QED) is 0.0783. The van der Waals surface area contributed by atoms with Gasteiger partial charge in [0.25, 0.3) is 0 Å². The lowest BCUT2D eigenvalue weighted by Crippen LogP contribution is -2.61. The second kappa shape index (κ2) is 22.1. The Hall–Kier alpha value is -1.98. The first kappa shape index (κ1) is 52.4. The van der Waals surface area contributed by atoms with Gasteiger partial charge in [-0.05, 0) is 81.9 Å². The van der Waals surface area contributed by atoms with Crippen molar-refractivity contribution in [2.75, 3.05) is 47.9 Å². The molecule has 0 aliphatic carbocycles. The third-order valence-corrected chi connectivity index (χ3v) is 13.2. The van der Waals surface area contributed by atoms with Crippen LogP contribution in [0.3, 0.4) is 0 Å². The molecule has 3 aliphatic heterocycles. The fraction of sp³-hybridized carbons (Fsp3) is 0.909. The van der Waals surface area contributed by atoms with Crippen molar-refractivity contribution < 1.29 is 63.6 Å². The number of rotatable bonds is 13. The van der Waals surface area contributed by atoms with E-state index in [9.17, 15) is 30.3 Å². The normalized spacial score (nSPS) is 44.6. The number of carbonyl (C=O) groups excluding carboxylic acids is 1. The van der Waals surface area contributed by atoms with Crippen LogP contribution in [0, 0.1) is 36.0 Å². The summed E-state index contributed by atoms with van der Waals surface area (Å²) in [4.78, 5) is 24.1. The summed E-state index contributed by atoms with van der Waals surface area (Å²) in [6.45, 7) is 18.4. The second-order valence-corrected chi connectivity index (χ2v) is 18.7. The molecule has 3 aliphatic rings. The number of aliphatic hydroxyl groups excluding tert-OH is 3. The van der Waals surface area contributed by atoms with Crippen LogP contribution < -0.4 is 0 Å². The number of hydrogen-bond acceptors (Lipinski definition) is 16. The summed E-state index contributed by atoms with van der Waals surface area (Å²) >= 11 is 0. The van der Waals surface area contributed by atoms with Gasteiger partial charge in [-0.25, -0.2) is 0 Å². The van der Waals surface area contributed by atoms with Crippen molar-refractivity contribution in [3.8, 4) is 12.3 Å². The van der Waals surface area contributed by atoms with Gasteiger partial charge < -0.3 is 63.7 Å². The van der Waals surface area contributed by atoms with Gasteiger partial charge in [-0.2, -0.15) is 0 Å². The molecule has 0 aromatic heterocycles. The molecule has 348 valence electrons. The van der Waals surface area contributed by atoms with Gasteiger partial charge in [-0.15, -0.1) is 12.3 Å². The highest BCUT2D eigenvalue weighted by Gasteiger charge is 2.53. The Labute approximate surface area is 359 Å². The summed E-state index contributed by atoms with van der Waals surface area (Å²) in [5.74, 6) is -1.40. The number of oxime groups is 1. The number of nitrogens with zero attached hydrogens (tertiary/aromatic N) is 3. The largest absolute Gasteiger partial charge is 0.459 e. The SMILES string of the molecule is C#CCCN(C)[C@H]1C[C@@H](C)O[C@@H](O[C@@H]2[C@@H](C)[C@H](OC3C[C@@](C)(OC)[C@@H](O)[C@H](C)O3)[C@@H](C)C(=O)O[C@H](CC)[C@@](C)(O)[C@H](O)[C@@H](C)/C(=N/OCCN(C)C)[C@H](C)C[C@@]2(C)O)[C@@H]1O. The molecule has 0 saturated carbocycles. The van der Waals surface area contributed by atoms with Crippen LogP contribution in [0.1, 0.15) is 101 Å². The Morgan fingerprint density at radius 3 is 2.17 bits per heavy atom. The standard InChI is InChI=1S/C44H79N3O13/c1-16-18-19-47(14)31-22-26(4)56-41(35(31)48)60-39-28(6)36(59-33-24-43(10,54-15)38(50)30(8)57-33)29(7)40(51)58-32(17-2)44(11,53)37(49)27(5)34(25(3)23-42(39,9)52)45-55-21-20-46(12)13/h1,25-33,35-39,41,48-50,52-53H,17-24H2,2-15H3/b45-34+/t25-,26-,27+,28+,29-,30+,31+,32-,33?,35-,36+,37-,38+,39-,41+,42-,43-,44-/m1/s1. The minimum atomic E-state index is -1.94. The minimum absolute atomic E-state index is 0.00535. The summed E-state index contributed by atoms with van der Waals surface area (Å²) in [6.07, 6.45) is -3.52. The van der Waals surface area contributed by atoms with E-state index in [1.807, 2.05) is 44.8 Å². The number of methoxy groups -OCH3 is 1. The molecule has 16 nitrogen and oxygen atoms in total. The van der Waals surface area contributed by atoms with Gasteiger partial charge in [-0.3, -0.25) is 9.69 Å². The maximum atomic E-state index is 14.4. The van der Waals surface area contributed by atoms with Crippen molar-refractivity contribution in [2.45, 2.75) is 186 Å². The van der Waals surface area contributed by atoms with E-state index in [1.54, 1.807) is 48.5 Å². The predicted molar refractivity (Wildman–Crippen MR) is 226 cm³/mol. The highest BCUT2D eigenvalue weighted by atomic mass is 16.7. The maximum absolute atomic E-state index is 14.4. The Kier molecular flexibility index (Phi) is 19.3. The molecule has 0 radical (unpaired) electrons. The van der Waals surface area contributed by atoms with Crippen LogP contribution in [0.4, 0.5) is 0 Å². The lowest BCUT2D eigenvalue weighted by molar-refractivity contribution is -0.318. The van der Waals surface area contributed by atoms with Gasteiger partial charge in [-0.1, -0.05) is 32.9 Å². The van der Waals surface area contributed by atoms with E-state index in [4.69, 9.17) is 39.7 Å². The lowest BCUT2D eigenvalue weighted by atomic mass is 9.73. The summed E-state index contributed by atoms with van der Waals surface area (Å²) in [7, 11) is 7.18. The molecule has 3 fully saturated rings. The molecular formula is C44H79N3O13. The van der Waals surface area contributed by atoms with Crippen molar-refractivity contribution in [3.63, 3.8) is 0 Å². The zero-order valence-electron chi connectivity index (χ0n) is 38.7. The molecular weight excluding hydrogens is 778 g/mol. The average Bonchev–Trinajstić information content (AvgIpc) is 3.17. The number of carbonyl (C=O) groups is 1. The Bertz CT molecular complexity index is 1430. The molecule has 3 heterocycles. The van der Waals surface area contributed by atoms with Crippen molar-refractivity contribution in [3.05, 3.63) is 0 Å². The fourth-order valence-electron chi connectivity index (χ4n) is 9.27. The van der Waals surface area contributed by atoms with E-state index in [1.165, 1.54) is 14.0 Å². The monoisotopic (exact) mass is 858 g/mol. The number of aliphatic hydroxyl groups is 5. The van der Waals surface area contributed by atoms with Crippen LogP contribution in [0.15, 0.2) is 5.16 Å². The molecule has 0 spiro atoms. The van der Waals surface area contributed by atoms with Crippen LogP contribution in [0.25, 0.3) is 0 Å². The van der Waals surface area contributed by atoms with E-state index >= 15 is 0 Å². The predicted octanol–water partition coefficient (Wildman–Crippen LogP) is 2.54. The molecule has 0 aromatic rings. The van der Waals surface area contributed by atoms with Gasteiger partial charge in [0.2, 0.25) is 0 Å². The van der Waals surface area contributed by atoms with Crippen LogP contribution >= 0.6 is 0 Å². The van der Waals surface area contributed by atoms with Crippen LogP contribution in [-0.2, 0) is 38.1 Å². The number of ether oxygens (including phenoxy) is 6. The fourth-order valence-corrected chi connectivity index (χ4v) is 9.27. The third kappa shape index (κ3) is 12.6. The van der Waals surface area contributed by atoms with Gasteiger partial charge >= 0.3 is 5.97 Å². The molecule has 18 atom stereocenters. The van der Waals surface area contributed by atoms with Crippen molar-refractivity contribution >= 4 is 11.7 Å².